The van der Waals surface area contributed by atoms with Gasteiger partial charge in [-0.05, 0) is 29.3 Å². The number of allylic oxidation sites excluding steroid dienone is 1. The third-order valence-corrected chi connectivity index (χ3v) is 3.75. The molecule has 23 heavy (non-hydrogen) atoms. The standard InChI is InChI=1S/C18H13BrN2O2/c1-22-17-8-15(7-14(10-20)11-21)16(19)9-18(17)23-12-13-5-3-2-4-6-13/h2-9H,12H2,1H3. The molecule has 114 valence electrons. The zero-order chi connectivity index (χ0) is 16.7. The van der Waals surface area contributed by atoms with Crippen molar-refractivity contribution in [3.63, 3.8) is 0 Å². The Hall–Kier alpha value is -2.76. The van der Waals surface area contributed by atoms with E-state index in [4.69, 9.17) is 20.0 Å². The Morgan fingerprint density at radius 3 is 2.43 bits per heavy atom. The molecule has 0 saturated carbocycles. The van der Waals surface area contributed by atoms with Gasteiger partial charge < -0.3 is 9.47 Å². The number of ether oxygens (including phenoxy) is 2. The van der Waals surface area contributed by atoms with E-state index in [1.165, 1.54) is 6.08 Å². The first-order valence-corrected chi connectivity index (χ1v) is 7.53. The van der Waals surface area contributed by atoms with Gasteiger partial charge in [0.1, 0.15) is 24.3 Å². The van der Waals surface area contributed by atoms with Crippen LogP contribution in [0.15, 0.2) is 52.5 Å². The Labute approximate surface area is 143 Å². The van der Waals surface area contributed by atoms with Crippen molar-refractivity contribution in [1.82, 2.24) is 0 Å². The number of rotatable bonds is 5. The van der Waals surface area contributed by atoms with E-state index < -0.39 is 0 Å². The Bertz CT molecular complexity index is 786. The molecular formula is C18H13BrN2O2. The fraction of sp³-hybridized carbons (Fsp3) is 0.111. The fourth-order valence-corrected chi connectivity index (χ4v) is 2.35. The number of halogens is 1. The highest BCUT2D eigenvalue weighted by Gasteiger charge is 2.10. The molecule has 0 amide bonds. The van der Waals surface area contributed by atoms with Gasteiger partial charge in [-0.15, -0.1) is 0 Å². The summed E-state index contributed by atoms with van der Waals surface area (Å²) in [4.78, 5) is 0. The van der Waals surface area contributed by atoms with Crippen LogP contribution < -0.4 is 9.47 Å². The molecule has 4 nitrogen and oxygen atoms in total. The lowest BCUT2D eigenvalue weighted by molar-refractivity contribution is 0.284. The molecule has 0 unspecified atom stereocenters. The SMILES string of the molecule is COc1cc(C=C(C#N)C#N)c(Br)cc1OCc1ccccc1. The van der Waals surface area contributed by atoms with Crippen LogP contribution >= 0.6 is 15.9 Å². The van der Waals surface area contributed by atoms with Gasteiger partial charge in [0.25, 0.3) is 0 Å². The molecule has 0 aliphatic heterocycles. The van der Waals surface area contributed by atoms with E-state index in [0.29, 0.717) is 28.1 Å². The van der Waals surface area contributed by atoms with Gasteiger partial charge in [-0.3, -0.25) is 0 Å². The zero-order valence-corrected chi connectivity index (χ0v) is 14.0. The predicted molar refractivity (Wildman–Crippen MR) is 90.7 cm³/mol. The molecule has 2 aromatic carbocycles. The molecule has 0 radical (unpaired) electrons. The number of nitrogens with zero attached hydrogens (tertiary/aromatic N) is 2. The Morgan fingerprint density at radius 2 is 1.83 bits per heavy atom. The van der Waals surface area contributed by atoms with Crippen molar-refractivity contribution in [1.29, 1.82) is 10.5 Å². The first-order valence-electron chi connectivity index (χ1n) is 6.74. The van der Waals surface area contributed by atoms with Crippen molar-refractivity contribution in [2.75, 3.05) is 7.11 Å². The maximum Gasteiger partial charge on any atom is 0.162 e. The Morgan fingerprint density at radius 1 is 1.13 bits per heavy atom. The lowest BCUT2D eigenvalue weighted by Gasteiger charge is -2.13. The normalized spacial score (nSPS) is 9.39. The monoisotopic (exact) mass is 368 g/mol. The molecule has 0 saturated heterocycles. The minimum absolute atomic E-state index is 0.0192. The molecule has 2 aromatic rings. The van der Waals surface area contributed by atoms with Crippen molar-refractivity contribution in [3.8, 4) is 23.6 Å². The molecule has 0 heterocycles. The lowest BCUT2D eigenvalue weighted by Crippen LogP contribution is -1.98. The average molecular weight is 369 g/mol. The highest BCUT2D eigenvalue weighted by Crippen LogP contribution is 2.35. The largest absolute Gasteiger partial charge is 0.493 e. The smallest absolute Gasteiger partial charge is 0.162 e. The van der Waals surface area contributed by atoms with Crippen LogP contribution in [0.25, 0.3) is 6.08 Å². The number of hydrogen-bond acceptors (Lipinski definition) is 4. The summed E-state index contributed by atoms with van der Waals surface area (Å²) in [5.41, 5.74) is 1.74. The molecule has 5 heteroatoms. The summed E-state index contributed by atoms with van der Waals surface area (Å²) < 4.78 is 11.9. The second kappa shape index (κ2) is 8.03. The topological polar surface area (TPSA) is 66.0 Å². The van der Waals surface area contributed by atoms with Crippen LogP contribution in [0.1, 0.15) is 11.1 Å². The van der Waals surface area contributed by atoms with E-state index in [-0.39, 0.29) is 5.57 Å². The van der Waals surface area contributed by atoms with Gasteiger partial charge in [0.2, 0.25) is 0 Å². The molecule has 0 fully saturated rings. The van der Waals surface area contributed by atoms with E-state index in [2.05, 4.69) is 15.9 Å². The van der Waals surface area contributed by atoms with Crippen molar-refractivity contribution in [2.45, 2.75) is 6.61 Å². The molecule has 0 atom stereocenters. The molecule has 0 N–H and O–H groups in total. The summed E-state index contributed by atoms with van der Waals surface area (Å²) in [7, 11) is 1.54. The zero-order valence-electron chi connectivity index (χ0n) is 12.4. The summed E-state index contributed by atoms with van der Waals surface area (Å²) in [5.74, 6) is 1.11. The minimum Gasteiger partial charge on any atom is -0.493 e. The van der Waals surface area contributed by atoms with E-state index in [1.807, 2.05) is 42.5 Å². The van der Waals surface area contributed by atoms with Gasteiger partial charge >= 0.3 is 0 Å². The van der Waals surface area contributed by atoms with Crippen LogP contribution in [0.2, 0.25) is 0 Å². The van der Waals surface area contributed by atoms with Crippen LogP contribution in [0.5, 0.6) is 11.5 Å². The Kier molecular flexibility index (Phi) is 5.80. The van der Waals surface area contributed by atoms with Gasteiger partial charge in [0, 0.05) is 4.47 Å². The second-order valence-electron chi connectivity index (χ2n) is 4.58. The molecular weight excluding hydrogens is 356 g/mol. The maximum absolute atomic E-state index is 8.86. The molecule has 0 aliphatic carbocycles. The maximum atomic E-state index is 8.86. The van der Waals surface area contributed by atoms with E-state index in [9.17, 15) is 0 Å². The Balaban J connectivity index is 2.28. The van der Waals surface area contributed by atoms with Crippen LogP contribution in [-0.4, -0.2) is 7.11 Å². The second-order valence-corrected chi connectivity index (χ2v) is 5.43. The third kappa shape index (κ3) is 4.35. The molecule has 0 aliphatic rings. The molecule has 2 rings (SSSR count). The van der Waals surface area contributed by atoms with Crippen LogP contribution in [-0.2, 0) is 6.61 Å². The van der Waals surface area contributed by atoms with Gasteiger partial charge in [-0.2, -0.15) is 10.5 Å². The summed E-state index contributed by atoms with van der Waals surface area (Å²) in [6.07, 6.45) is 1.49. The lowest BCUT2D eigenvalue weighted by atomic mass is 10.1. The fourth-order valence-electron chi connectivity index (χ4n) is 1.91. The van der Waals surface area contributed by atoms with Crippen molar-refractivity contribution in [3.05, 3.63) is 63.6 Å². The van der Waals surface area contributed by atoms with Gasteiger partial charge in [0.05, 0.1) is 7.11 Å². The summed E-state index contributed by atoms with van der Waals surface area (Å²) in [6.45, 7) is 0.417. The van der Waals surface area contributed by atoms with Crippen molar-refractivity contribution < 1.29 is 9.47 Å². The van der Waals surface area contributed by atoms with Crippen molar-refractivity contribution >= 4 is 22.0 Å². The summed E-state index contributed by atoms with van der Waals surface area (Å²) in [6, 6.07) is 17.0. The third-order valence-electron chi connectivity index (χ3n) is 3.06. The first-order chi connectivity index (χ1) is 11.2. The van der Waals surface area contributed by atoms with E-state index in [0.717, 1.165) is 5.56 Å². The summed E-state index contributed by atoms with van der Waals surface area (Å²) in [5, 5.41) is 17.7. The summed E-state index contributed by atoms with van der Waals surface area (Å²) >= 11 is 3.42. The quantitative estimate of drug-likeness (QED) is 0.730. The van der Waals surface area contributed by atoms with Crippen molar-refractivity contribution in [2.24, 2.45) is 0 Å². The number of hydrogen-bond donors (Lipinski definition) is 0. The number of nitriles is 2. The minimum atomic E-state index is 0.0192. The van der Waals surface area contributed by atoms with E-state index in [1.54, 1.807) is 19.2 Å². The van der Waals surface area contributed by atoms with Gasteiger partial charge in [-0.1, -0.05) is 46.3 Å². The van der Waals surface area contributed by atoms with Gasteiger partial charge in [-0.25, -0.2) is 0 Å². The van der Waals surface area contributed by atoms with Gasteiger partial charge in [0.15, 0.2) is 11.5 Å². The highest BCUT2D eigenvalue weighted by atomic mass is 79.9. The molecule has 0 bridgehead atoms. The molecule has 0 spiro atoms. The van der Waals surface area contributed by atoms with Crippen LogP contribution in [0.3, 0.4) is 0 Å². The average Bonchev–Trinajstić information content (AvgIpc) is 2.60. The molecule has 0 aromatic heterocycles. The van der Waals surface area contributed by atoms with Crippen LogP contribution in [0.4, 0.5) is 0 Å². The highest BCUT2D eigenvalue weighted by molar-refractivity contribution is 9.10. The number of benzene rings is 2. The first kappa shape index (κ1) is 16.6. The predicted octanol–water partition coefficient (Wildman–Crippen LogP) is 4.47. The van der Waals surface area contributed by atoms with E-state index >= 15 is 0 Å². The van der Waals surface area contributed by atoms with Crippen LogP contribution in [0, 0.1) is 22.7 Å². The number of methoxy groups -OCH3 is 1.